The molecule has 0 fully saturated rings. The molecule has 0 bridgehead atoms. The fourth-order valence-electron chi connectivity index (χ4n) is 1.85. The first-order chi connectivity index (χ1) is 7.67. The lowest BCUT2D eigenvalue weighted by Gasteiger charge is -2.01. The Labute approximate surface area is 96.7 Å². The molecule has 4 heteroatoms. The summed E-state index contributed by atoms with van der Waals surface area (Å²) in [5, 5.41) is 1.11. The molecule has 0 aliphatic rings. The van der Waals surface area contributed by atoms with Gasteiger partial charge in [0.15, 0.2) is 0 Å². The minimum Gasteiger partial charge on any atom is -0.465 e. The molecule has 2 rings (SSSR count). The predicted molar refractivity (Wildman–Crippen MR) is 67.8 cm³/mol. The van der Waals surface area contributed by atoms with E-state index in [1.165, 1.54) is 12.7 Å². The maximum atomic E-state index is 11.4. The number of hydrogen-bond donors (Lipinski definition) is 0. The summed E-state index contributed by atoms with van der Waals surface area (Å²) in [5.41, 5.74) is 2.94. The quantitative estimate of drug-likeness (QED) is 0.592. The summed E-state index contributed by atoms with van der Waals surface area (Å²) in [7, 11) is 4.04. The second-order valence-electron chi connectivity index (χ2n) is 3.64. The lowest BCUT2D eigenvalue weighted by Crippen LogP contribution is -2.00. The van der Waals surface area contributed by atoms with E-state index in [0.717, 1.165) is 17.3 Å². The summed E-state index contributed by atoms with van der Waals surface area (Å²) >= 11 is 0. The molecule has 0 aliphatic carbocycles. The number of benzene rings is 1. The molecule has 1 heterocycles. The van der Waals surface area contributed by atoms with Gasteiger partial charge in [-0.2, -0.15) is 0 Å². The molecule has 3 nitrogen and oxygen atoms in total. The van der Waals surface area contributed by atoms with E-state index in [1.807, 2.05) is 16.5 Å². The maximum Gasteiger partial charge on any atom is 0.337 e. The van der Waals surface area contributed by atoms with Crippen molar-refractivity contribution < 1.29 is 9.53 Å². The first kappa shape index (κ1) is 11.2. The van der Waals surface area contributed by atoms with Crippen molar-refractivity contribution in [2.75, 3.05) is 7.11 Å². The first-order valence-corrected chi connectivity index (χ1v) is 5.66. The van der Waals surface area contributed by atoms with Gasteiger partial charge in [-0.1, -0.05) is 6.92 Å². The lowest BCUT2D eigenvalue weighted by molar-refractivity contribution is 0.0601. The van der Waals surface area contributed by atoms with E-state index in [0.29, 0.717) is 5.56 Å². The highest BCUT2D eigenvalue weighted by Gasteiger charge is 2.10. The van der Waals surface area contributed by atoms with Crippen molar-refractivity contribution in [3.8, 4) is 0 Å². The minimum atomic E-state index is -0.291. The van der Waals surface area contributed by atoms with Gasteiger partial charge in [-0.15, -0.1) is 0 Å². The zero-order valence-corrected chi connectivity index (χ0v) is 10.5. The van der Waals surface area contributed by atoms with E-state index in [-0.39, 0.29) is 5.97 Å². The smallest absolute Gasteiger partial charge is 0.337 e. The number of rotatable bonds is 2. The molecular weight excluding hydrogens is 221 g/mol. The van der Waals surface area contributed by atoms with E-state index >= 15 is 0 Å². The maximum absolute atomic E-state index is 11.4. The third-order valence-corrected chi connectivity index (χ3v) is 3.14. The van der Waals surface area contributed by atoms with Gasteiger partial charge in [0.25, 0.3) is 0 Å². The average Bonchev–Trinajstić information content (AvgIpc) is 2.64. The van der Waals surface area contributed by atoms with Crippen LogP contribution in [0.3, 0.4) is 0 Å². The Kier molecular flexibility index (Phi) is 2.97. The third-order valence-electron chi connectivity index (χ3n) is 2.72. The summed E-state index contributed by atoms with van der Waals surface area (Å²) in [5.74, 6) is -0.291. The van der Waals surface area contributed by atoms with Crippen LogP contribution in [0.1, 0.15) is 22.8 Å². The van der Waals surface area contributed by atoms with Crippen molar-refractivity contribution in [3.05, 3.63) is 35.5 Å². The molecule has 0 spiro atoms. The number of methoxy groups -OCH3 is 1. The zero-order valence-electron chi connectivity index (χ0n) is 9.36. The van der Waals surface area contributed by atoms with Gasteiger partial charge in [-0.3, -0.25) is 0 Å². The Bertz CT molecular complexity index is 545. The van der Waals surface area contributed by atoms with E-state index in [9.17, 15) is 4.79 Å². The molecule has 0 saturated heterocycles. The Morgan fingerprint density at radius 1 is 1.50 bits per heavy atom. The van der Waals surface area contributed by atoms with Gasteiger partial charge in [0, 0.05) is 11.6 Å². The Morgan fingerprint density at radius 3 is 2.88 bits per heavy atom. The van der Waals surface area contributed by atoms with E-state index < -0.39 is 0 Å². The number of nitrogens with zero attached hydrogens (tertiary/aromatic N) is 1. The number of fused-ring (bicyclic) bond motifs is 1. The molecule has 0 radical (unpaired) electrons. The molecule has 1 aromatic heterocycles. The van der Waals surface area contributed by atoms with Crippen LogP contribution in [-0.4, -0.2) is 17.4 Å². The second kappa shape index (κ2) is 4.26. The number of hydrogen-bond acceptors (Lipinski definition) is 2. The highest BCUT2D eigenvalue weighted by molar-refractivity contribution is 7.14. The number of esters is 1. The molecule has 0 saturated carbocycles. The summed E-state index contributed by atoms with van der Waals surface area (Å²) in [6.45, 7) is 2.10. The topological polar surface area (TPSA) is 31.2 Å². The fraction of sp³-hybridized carbons (Fsp3) is 0.250. The third kappa shape index (κ3) is 1.72. The summed E-state index contributed by atoms with van der Waals surface area (Å²) in [4.78, 5) is 11.4. The number of carbonyl (C=O) groups excluding carboxylic acids is 1. The van der Waals surface area contributed by atoms with Crippen LogP contribution in [0.2, 0.25) is 0 Å². The molecule has 1 atom stereocenters. The summed E-state index contributed by atoms with van der Waals surface area (Å²) in [6.07, 6.45) is 3.01. The van der Waals surface area contributed by atoms with Gasteiger partial charge < -0.3 is 9.07 Å². The second-order valence-corrected chi connectivity index (χ2v) is 4.20. The van der Waals surface area contributed by atoms with Gasteiger partial charge >= 0.3 is 5.97 Å². The molecule has 16 heavy (non-hydrogen) atoms. The molecule has 0 aliphatic heterocycles. The van der Waals surface area contributed by atoms with Crippen molar-refractivity contribution in [2.24, 2.45) is 0 Å². The van der Waals surface area contributed by atoms with Gasteiger partial charge in [0.1, 0.15) is 0 Å². The van der Waals surface area contributed by atoms with Gasteiger partial charge in [-0.05, 0) is 39.6 Å². The number of carbonyl (C=O) groups is 1. The molecule has 0 amide bonds. The van der Waals surface area contributed by atoms with Crippen molar-refractivity contribution >= 4 is 26.3 Å². The van der Waals surface area contributed by atoms with E-state index in [2.05, 4.69) is 22.5 Å². The molecule has 0 N–H and O–H groups in total. The van der Waals surface area contributed by atoms with Gasteiger partial charge in [0.2, 0.25) is 0 Å². The van der Waals surface area contributed by atoms with Gasteiger partial charge in [-0.25, -0.2) is 4.79 Å². The minimum absolute atomic E-state index is 0.291. The summed E-state index contributed by atoms with van der Waals surface area (Å²) < 4.78 is 6.71. The van der Waals surface area contributed by atoms with E-state index in [4.69, 9.17) is 4.74 Å². The van der Waals surface area contributed by atoms with Crippen LogP contribution >= 0.6 is 9.39 Å². The Hall–Kier alpha value is -1.34. The molecule has 1 aromatic carbocycles. The van der Waals surface area contributed by atoms with Crippen LogP contribution in [0.4, 0.5) is 0 Å². The van der Waals surface area contributed by atoms with Crippen LogP contribution < -0.4 is 0 Å². The average molecular weight is 235 g/mol. The van der Waals surface area contributed by atoms with Crippen molar-refractivity contribution in [2.45, 2.75) is 13.3 Å². The molecule has 1 unspecified atom stereocenters. The van der Waals surface area contributed by atoms with Crippen molar-refractivity contribution in [1.29, 1.82) is 0 Å². The van der Waals surface area contributed by atoms with Crippen LogP contribution in [0.5, 0.6) is 0 Å². The fourth-order valence-corrected chi connectivity index (χ4v) is 2.26. The number of aromatic nitrogens is 1. The first-order valence-electron chi connectivity index (χ1n) is 5.14. The SMILES string of the molecule is CCc1cn(P)c2ccc(C(=O)OC)cc12. The summed E-state index contributed by atoms with van der Waals surface area (Å²) in [6, 6.07) is 5.61. The number of aryl methyl sites for hydroxylation is 1. The molecular formula is C12H14NO2P. The monoisotopic (exact) mass is 235 g/mol. The standard InChI is InChI=1S/C12H14NO2P/c1-3-8-7-13(16)11-5-4-9(6-10(8)11)12(14)15-2/h4-7H,3,16H2,1-2H3. The predicted octanol–water partition coefficient (Wildman–Crippen LogP) is 2.63. The van der Waals surface area contributed by atoms with Crippen molar-refractivity contribution in [1.82, 2.24) is 4.34 Å². The highest BCUT2D eigenvalue weighted by Crippen LogP contribution is 2.25. The molecule has 2 aromatic rings. The zero-order chi connectivity index (χ0) is 11.7. The van der Waals surface area contributed by atoms with Crippen LogP contribution in [-0.2, 0) is 11.2 Å². The lowest BCUT2D eigenvalue weighted by atomic mass is 10.1. The van der Waals surface area contributed by atoms with Gasteiger partial charge in [0.05, 0.1) is 18.2 Å². The van der Waals surface area contributed by atoms with Crippen LogP contribution in [0, 0.1) is 0 Å². The van der Waals surface area contributed by atoms with E-state index in [1.54, 1.807) is 6.07 Å². The molecule has 84 valence electrons. The number of ether oxygens (including phenoxy) is 1. The van der Waals surface area contributed by atoms with Crippen LogP contribution in [0.25, 0.3) is 10.9 Å². The largest absolute Gasteiger partial charge is 0.465 e. The highest BCUT2D eigenvalue weighted by atomic mass is 31.0. The van der Waals surface area contributed by atoms with Crippen LogP contribution in [0.15, 0.2) is 24.4 Å². The Morgan fingerprint density at radius 2 is 2.25 bits per heavy atom. The Balaban J connectivity index is 2.64. The normalized spacial score (nSPS) is 10.7. The van der Waals surface area contributed by atoms with Crippen molar-refractivity contribution in [3.63, 3.8) is 0 Å².